The first-order valence-electron chi connectivity index (χ1n) is 9.71. The summed E-state index contributed by atoms with van der Waals surface area (Å²) in [5.74, 6) is -1.61. The Kier molecular flexibility index (Phi) is 6.38. The molecule has 2 aromatic heterocycles. The molecule has 0 radical (unpaired) electrons. The lowest BCUT2D eigenvalue weighted by atomic mass is 10.2. The molecule has 0 fully saturated rings. The van der Waals surface area contributed by atoms with Crippen LogP contribution in [-0.2, 0) is 9.59 Å². The molecule has 12 heteroatoms. The lowest BCUT2D eigenvalue weighted by Crippen LogP contribution is -1.96. The fourth-order valence-electron chi connectivity index (χ4n) is 3.18. The first-order valence-corrected chi connectivity index (χ1v) is 10.5. The lowest BCUT2D eigenvalue weighted by Gasteiger charge is -1.95. The van der Waals surface area contributed by atoms with E-state index in [1.165, 1.54) is 0 Å². The van der Waals surface area contributed by atoms with E-state index < -0.39 is 11.8 Å². The molecule has 0 bridgehead atoms. The second-order valence-electron chi connectivity index (χ2n) is 7.07. The second kappa shape index (κ2) is 9.39. The Morgan fingerprint density at radius 1 is 0.758 bits per heavy atom. The van der Waals surface area contributed by atoms with Gasteiger partial charge in [0.2, 0.25) is 11.8 Å². The van der Waals surface area contributed by atoms with Crippen LogP contribution in [0.3, 0.4) is 0 Å². The Labute approximate surface area is 196 Å². The van der Waals surface area contributed by atoms with E-state index in [9.17, 15) is 19.8 Å². The third-order valence-corrected chi connectivity index (χ3v) is 5.20. The molecular weight excluding hydrogens is 471 g/mol. The van der Waals surface area contributed by atoms with Crippen LogP contribution in [0.4, 0.5) is 11.4 Å². The van der Waals surface area contributed by atoms with Crippen LogP contribution in [-0.4, -0.2) is 32.0 Å². The van der Waals surface area contributed by atoms with Crippen molar-refractivity contribution in [2.45, 2.75) is 19.3 Å². The summed E-state index contributed by atoms with van der Waals surface area (Å²) in [4.78, 5) is 29.5. The number of halogens is 2. The zero-order chi connectivity index (χ0) is 23.5. The average Bonchev–Trinajstić information content (AvgIpc) is 3.25. The molecule has 0 aliphatic carbocycles. The summed E-state index contributed by atoms with van der Waals surface area (Å²) in [6, 6.07) is 9.82. The number of aromatic hydroxyl groups is 2. The second-order valence-corrected chi connectivity index (χ2v) is 7.94. The van der Waals surface area contributed by atoms with Crippen molar-refractivity contribution in [1.29, 1.82) is 0 Å². The molecule has 33 heavy (non-hydrogen) atoms. The first-order chi connectivity index (χ1) is 15.8. The summed E-state index contributed by atoms with van der Waals surface area (Å²) >= 11 is 11.9. The molecule has 0 atom stereocenters. The van der Waals surface area contributed by atoms with Gasteiger partial charge in [0, 0.05) is 33.7 Å². The van der Waals surface area contributed by atoms with Crippen molar-refractivity contribution in [2.75, 3.05) is 0 Å². The van der Waals surface area contributed by atoms with Gasteiger partial charge in [-0.05, 0) is 42.8 Å². The van der Waals surface area contributed by atoms with E-state index in [2.05, 4.69) is 30.4 Å². The lowest BCUT2D eigenvalue weighted by molar-refractivity contribution is -0.119. The summed E-state index contributed by atoms with van der Waals surface area (Å²) in [5, 5.41) is 36.7. The van der Waals surface area contributed by atoms with E-state index in [4.69, 9.17) is 23.2 Å². The topological polar surface area (TPSA) is 156 Å². The molecule has 168 valence electrons. The molecule has 4 rings (SSSR count). The van der Waals surface area contributed by atoms with Crippen molar-refractivity contribution < 1.29 is 19.8 Å². The highest BCUT2D eigenvalue weighted by Crippen LogP contribution is 2.37. The third-order valence-electron chi connectivity index (χ3n) is 4.73. The van der Waals surface area contributed by atoms with Crippen LogP contribution in [0.1, 0.15) is 19.3 Å². The van der Waals surface area contributed by atoms with Gasteiger partial charge < -0.3 is 20.2 Å². The number of carbonyl (C=O) groups excluding carboxylic acids is 2. The summed E-state index contributed by atoms with van der Waals surface area (Å²) in [6.45, 7) is 0. The van der Waals surface area contributed by atoms with E-state index >= 15 is 0 Å². The predicted octanol–water partition coefficient (Wildman–Crippen LogP) is 6.46. The van der Waals surface area contributed by atoms with Crippen molar-refractivity contribution in [3.05, 3.63) is 46.4 Å². The molecule has 2 heterocycles. The highest BCUT2D eigenvalue weighted by molar-refractivity contribution is 6.31. The van der Waals surface area contributed by atoms with E-state index in [1.54, 1.807) is 36.4 Å². The number of H-pyrrole nitrogens is 2. The number of rotatable bonds is 6. The number of carbonyl (C=O) groups is 2. The van der Waals surface area contributed by atoms with Crippen LogP contribution in [0.5, 0.6) is 11.8 Å². The van der Waals surface area contributed by atoms with Gasteiger partial charge in [0.1, 0.15) is 0 Å². The van der Waals surface area contributed by atoms with E-state index in [0.717, 1.165) is 0 Å². The number of aromatic nitrogens is 2. The number of azo groups is 2. The summed E-state index contributed by atoms with van der Waals surface area (Å²) in [6.07, 6.45) is 0.0677. The van der Waals surface area contributed by atoms with E-state index in [0.29, 0.717) is 31.9 Å². The standard InChI is InChI=1S/C21H16Cl2N6O4/c22-10-4-6-14-12(8-10)18(20(32)24-14)28-26-16(30)2-1-3-17(31)27-29-19-13-9-11(23)5-7-15(13)25-21(19)33/h4-9,24-25,32-33H,1-3H2. The Balaban J connectivity index is 1.33. The smallest absolute Gasteiger partial charge is 0.264 e. The number of hydrogen-bond acceptors (Lipinski definition) is 6. The minimum absolute atomic E-state index is 0.0530. The van der Waals surface area contributed by atoms with E-state index in [1.807, 2.05) is 0 Å². The Morgan fingerprint density at radius 2 is 1.18 bits per heavy atom. The van der Waals surface area contributed by atoms with Gasteiger partial charge >= 0.3 is 0 Å². The molecule has 10 nitrogen and oxygen atoms in total. The minimum Gasteiger partial charge on any atom is -0.493 e. The van der Waals surface area contributed by atoms with Gasteiger partial charge in [0.05, 0.1) is 11.0 Å². The maximum Gasteiger partial charge on any atom is 0.264 e. The van der Waals surface area contributed by atoms with Crippen molar-refractivity contribution in [1.82, 2.24) is 9.97 Å². The normalized spacial score (nSPS) is 11.9. The number of fused-ring (bicyclic) bond motifs is 2. The third kappa shape index (κ3) is 5.02. The van der Waals surface area contributed by atoms with E-state index in [-0.39, 0.29) is 42.4 Å². The minimum atomic E-state index is -0.570. The molecule has 4 aromatic rings. The monoisotopic (exact) mass is 486 g/mol. The molecule has 0 aliphatic heterocycles. The number of nitrogens with zero attached hydrogens (tertiary/aromatic N) is 4. The van der Waals surface area contributed by atoms with Crippen molar-refractivity contribution in [3.8, 4) is 11.8 Å². The largest absolute Gasteiger partial charge is 0.493 e. The highest BCUT2D eigenvalue weighted by Gasteiger charge is 2.13. The number of hydrogen-bond donors (Lipinski definition) is 4. The Bertz CT molecular complexity index is 1330. The molecule has 0 saturated carbocycles. The maximum absolute atomic E-state index is 12.0. The SMILES string of the molecule is O=C(CCCC(=O)N=Nc1c(O)[nH]c2ccc(Cl)cc12)N=Nc1c(O)[nH]c2ccc(Cl)cc12. The van der Waals surface area contributed by atoms with Crippen LogP contribution >= 0.6 is 23.2 Å². The van der Waals surface area contributed by atoms with Gasteiger partial charge in [-0.2, -0.15) is 0 Å². The van der Waals surface area contributed by atoms with Crippen LogP contribution in [0.15, 0.2) is 56.9 Å². The fourth-order valence-corrected chi connectivity index (χ4v) is 3.52. The number of aromatic amines is 2. The quantitative estimate of drug-likeness (QED) is 0.230. The van der Waals surface area contributed by atoms with Gasteiger partial charge in [0.25, 0.3) is 11.8 Å². The van der Waals surface area contributed by atoms with Gasteiger partial charge in [-0.3, -0.25) is 9.59 Å². The Hall–Kier alpha value is -3.76. The number of amides is 2. The fraction of sp³-hybridized carbons (Fsp3) is 0.143. The van der Waals surface area contributed by atoms with Gasteiger partial charge in [-0.1, -0.05) is 23.2 Å². The van der Waals surface area contributed by atoms with Gasteiger partial charge in [-0.25, -0.2) is 0 Å². The summed E-state index contributed by atoms with van der Waals surface area (Å²) < 4.78 is 0. The molecule has 2 aromatic carbocycles. The Morgan fingerprint density at radius 3 is 1.61 bits per heavy atom. The van der Waals surface area contributed by atoms with Crippen molar-refractivity contribution in [3.63, 3.8) is 0 Å². The molecular formula is C21H16Cl2N6O4. The summed E-state index contributed by atoms with van der Waals surface area (Å²) in [7, 11) is 0. The molecule has 0 saturated heterocycles. The molecule has 0 unspecified atom stereocenters. The van der Waals surface area contributed by atoms with Crippen LogP contribution in [0, 0.1) is 0 Å². The zero-order valence-corrected chi connectivity index (χ0v) is 18.4. The average molecular weight is 487 g/mol. The first kappa shape index (κ1) is 22.4. The number of nitrogens with one attached hydrogen (secondary N) is 2. The molecule has 2 amide bonds. The zero-order valence-electron chi connectivity index (χ0n) is 16.8. The van der Waals surface area contributed by atoms with Crippen molar-refractivity contribution in [2.24, 2.45) is 20.5 Å². The highest BCUT2D eigenvalue weighted by atomic mass is 35.5. The molecule has 0 spiro atoms. The maximum atomic E-state index is 12.0. The van der Waals surface area contributed by atoms with Crippen molar-refractivity contribution >= 4 is 68.2 Å². The molecule has 4 N–H and O–H groups in total. The molecule has 0 aliphatic rings. The van der Waals surface area contributed by atoms with Gasteiger partial charge in [0.15, 0.2) is 11.4 Å². The number of benzene rings is 2. The van der Waals surface area contributed by atoms with Crippen LogP contribution < -0.4 is 0 Å². The van der Waals surface area contributed by atoms with Crippen LogP contribution in [0.2, 0.25) is 10.0 Å². The van der Waals surface area contributed by atoms with Crippen LogP contribution in [0.25, 0.3) is 21.8 Å². The summed E-state index contributed by atoms with van der Waals surface area (Å²) in [5.41, 5.74) is 1.39. The van der Waals surface area contributed by atoms with Gasteiger partial charge in [-0.15, -0.1) is 20.5 Å². The predicted molar refractivity (Wildman–Crippen MR) is 123 cm³/mol.